The van der Waals surface area contributed by atoms with Crippen LogP contribution in [0.3, 0.4) is 0 Å². The van der Waals surface area contributed by atoms with Crippen LogP contribution in [0, 0.1) is 10.1 Å². The number of nitrogens with zero attached hydrogens (tertiary/aromatic N) is 2. The van der Waals surface area contributed by atoms with Crippen molar-refractivity contribution in [3.63, 3.8) is 0 Å². The molecule has 0 saturated heterocycles. The maximum atomic E-state index is 10.3. The molecule has 66 valence electrons. The lowest BCUT2D eigenvalue weighted by Crippen LogP contribution is -1.94. The number of nitro groups is 1. The second kappa shape index (κ2) is 4.27. The fraction of sp³-hybridized carbons (Fsp3) is 0.286. The van der Waals surface area contributed by atoms with Gasteiger partial charge in [0, 0.05) is 12.3 Å². The van der Waals surface area contributed by atoms with Crippen molar-refractivity contribution in [2.24, 2.45) is 0 Å². The lowest BCUT2D eigenvalue weighted by Gasteiger charge is -1.96. The number of pyridine rings is 1. The standard InChI is InChI=1S/C6H6N2O3.CH4/c1-11-6-5(8(9)10)3-2-4-7-6;/h2-4H,1H3;1H4. The SMILES string of the molecule is C.COc1ncccc1[N+](=O)[O-]. The Balaban J connectivity index is 0.00000121. The molecule has 0 N–H and O–H groups in total. The average Bonchev–Trinajstić information content (AvgIpc) is 2.04. The van der Waals surface area contributed by atoms with Crippen LogP contribution in [0.25, 0.3) is 0 Å². The Bertz CT molecular complexity index is 275. The fourth-order valence-corrected chi connectivity index (χ4v) is 0.679. The molecule has 0 aliphatic heterocycles. The Morgan fingerprint density at radius 3 is 2.75 bits per heavy atom. The van der Waals surface area contributed by atoms with Gasteiger partial charge in [0.2, 0.25) is 0 Å². The molecule has 5 heteroatoms. The lowest BCUT2D eigenvalue weighted by molar-refractivity contribution is -0.386. The van der Waals surface area contributed by atoms with Crippen molar-refractivity contribution in [2.45, 2.75) is 7.43 Å². The molecule has 0 radical (unpaired) electrons. The molecule has 1 rings (SSSR count). The van der Waals surface area contributed by atoms with Crippen LogP contribution in [-0.4, -0.2) is 17.0 Å². The number of methoxy groups -OCH3 is 1. The molecule has 0 spiro atoms. The van der Waals surface area contributed by atoms with Crippen LogP contribution in [0.15, 0.2) is 18.3 Å². The Morgan fingerprint density at radius 2 is 2.33 bits per heavy atom. The molecule has 1 aromatic rings. The highest BCUT2D eigenvalue weighted by molar-refractivity contribution is 5.39. The van der Waals surface area contributed by atoms with Crippen LogP contribution in [0.5, 0.6) is 5.88 Å². The van der Waals surface area contributed by atoms with E-state index in [0.717, 1.165) is 0 Å². The summed E-state index contributed by atoms with van der Waals surface area (Å²) in [6.45, 7) is 0. The van der Waals surface area contributed by atoms with Crippen LogP contribution < -0.4 is 4.74 Å². The Labute approximate surface area is 70.2 Å². The van der Waals surface area contributed by atoms with Gasteiger partial charge in [0.1, 0.15) is 0 Å². The van der Waals surface area contributed by atoms with Crippen molar-refractivity contribution in [3.8, 4) is 5.88 Å². The van der Waals surface area contributed by atoms with E-state index in [1.165, 1.54) is 25.4 Å². The second-order valence-electron chi connectivity index (χ2n) is 1.79. The molecule has 0 aliphatic rings. The number of ether oxygens (including phenoxy) is 1. The van der Waals surface area contributed by atoms with Gasteiger partial charge in [-0.3, -0.25) is 10.1 Å². The van der Waals surface area contributed by atoms with Gasteiger partial charge in [-0.25, -0.2) is 4.98 Å². The van der Waals surface area contributed by atoms with E-state index in [0.29, 0.717) is 0 Å². The number of rotatable bonds is 2. The van der Waals surface area contributed by atoms with Crippen molar-refractivity contribution >= 4 is 5.69 Å². The molecule has 0 unspecified atom stereocenters. The molecule has 12 heavy (non-hydrogen) atoms. The summed E-state index contributed by atoms with van der Waals surface area (Å²) >= 11 is 0. The molecule has 0 aliphatic carbocycles. The van der Waals surface area contributed by atoms with E-state index in [1.807, 2.05) is 0 Å². The van der Waals surface area contributed by atoms with Crippen LogP contribution >= 0.6 is 0 Å². The quantitative estimate of drug-likeness (QED) is 0.499. The first-order valence-corrected chi connectivity index (χ1v) is 2.89. The summed E-state index contributed by atoms with van der Waals surface area (Å²) in [6, 6.07) is 2.83. The molecule has 5 nitrogen and oxygen atoms in total. The van der Waals surface area contributed by atoms with Gasteiger partial charge < -0.3 is 4.74 Å². The fourth-order valence-electron chi connectivity index (χ4n) is 0.679. The predicted molar refractivity (Wildman–Crippen MR) is 44.2 cm³/mol. The average molecular weight is 170 g/mol. The first-order chi connectivity index (χ1) is 5.25. The summed E-state index contributed by atoms with van der Waals surface area (Å²) in [6.07, 6.45) is 1.44. The molecule has 0 fully saturated rings. The highest BCUT2D eigenvalue weighted by Crippen LogP contribution is 2.21. The maximum absolute atomic E-state index is 10.3. The van der Waals surface area contributed by atoms with Crippen molar-refractivity contribution in [3.05, 3.63) is 28.4 Å². The Hall–Kier alpha value is -1.65. The zero-order valence-electron chi connectivity index (χ0n) is 5.85. The minimum absolute atomic E-state index is 0. The summed E-state index contributed by atoms with van der Waals surface area (Å²) in [7, 11) is 1.34. The second-order valence-corrected chi connectivity index (χ2v) is 1.79. The third kappa shape index (κ3) is 1.91. The van der Waals surface area contributed by atoms with E-state index in [4.69, 9.17) is 0 Å². The molecule has 0 amide bonds. The summed E-state index contributed by atoms with van der Waals surface area (Å²) in [5, 5.41) is 10.3. The molecular weight excluding hydrogens is 160 g/mol. The van der Waals surface area contributed by atoms with E-state index in [2.05, 4.69) is 9.72 Å². The topological polar surface area (TPSA) is 65.3 Å². The van der Waals surface area contributed by atoms with E-state index < -0.39 is 4.92 Å². The van der Waals surface area contributed by atoms with Crippen LogP contribution in [0.4, 0.5) is 5.69 Å². The zero-order valence-corrected chi connectivity index (χ0v) is 5.85. The molecule has 1 aromatic heterocycles. The molecule has 0 atom stereocenters. The molecule has 0 bridgehead atoms. The monoisotopic (exact) mass is 170 g/mol. The third-order valence-electron chi connectivity index (χ3n) is 1.14. The minimum Gasteiger partial charge on any atom is -0.476 e. The highest BCUT2D eigenvalue weighted by atomic mass is 16.6. The number of hydrogen-bond acceptors (Lipinski definition) is 4. The van der Waals surface area contributed by atoms with Gasteiger partial charge >= 0.3 is 5.69 Å². The van der Waals surface area contributed by atoms with Crippen molar-refractivity contribution < 1.29 is 9.66 Å². The van der Waals surface area contributed by atoms with Crippen LogP contribution in [-0.2, 0) is 0 Å². The van der Waals surface area contributed by atoms with Crippen molar-refractivity contribution in [1.29, 1.82) is 0 Å². The molecule has 1 heterocycles. The van der Waals surface area contributed by atoms with E-state index in [-0.39, 0.29) is 19.0 Å². The van der Waals surface area contributed by atoms with Gasteiger partial charge in [0.25, 0.3) is 5.88 Å². The van der Waals surface area contributed by atoms with Gasteiger partial charge in [0.15, 0.2) is 0 Å². The van der Waals surface area contributed by atoms with Gasteiger partial charge in [-0.05, 0) is 6.07 Å². The Morgan fingerprint density at radius 1 is 1.67 bits per heavy atom. The summed E-state index contributed by atoms with van der Waals surface area (Å²) in [5.74, 6) is 0.0394. The van der Waals surface area contributed by atoms with Crippen molar-refractivity contribution in [2.75, 3.05) is 7.11 Å². The molecule has 0 saturated carbocycles. The lowest BCUT2D eigenvalue weighted by atomic mass is 10.4. The normalized spacial score (nSPS) is 8.42. The van der Waals surface area contributed by atoms with E-state index in [9.17, 15) is 10.1 Å². The first-order valence-electron chi connectivity index (χ1n) is 2.89. The molecule has 0 aromatic carbocycles. The summed E-state index contributed by atoms with van der Waals surface area (Å²) in [4.78, 5) is 13.4. The Kier molecular flexibility index (Phi) is 3.69. The van der Waals surface area contributed by atoms with Gasteiger partial charge in [-0.2, -0.15) is 0 Å². The van der Waals surface area contributed by atoms with Crippen molar-refractivity contribution in [1.82, 2.24) is 4.98 Å². The van der Waals surface area contributed by atoms with Crippen LogP contribution in [0.2, 0.25) is 0 Å². The number of aromatic nitrogens is 1. The van der Waals surface area contributed by atoms with Gasteiger partial charge in [0.05, 0.1) is 12.0 Å². The highest BCUT2D eigenvalue weighted by Gasteiger charge is 2.13. The van der Waals surface area contributed by atoms with E-state index in [1.54, 1.807) is 0 Å². The summed E-state index contributed by atoms with van der Waals surface area (Å²) in [5.41, 5.74) is -0.116. The maximum Gasteiger partial charge on any atom is 0.330 e. The minimum atomic E-state index is -0.536. The van der Waals surface area contributed by atoms with Gasteiger partial charge in [-0.15, -0.1) is 0 Å². The van der Waals surface area contributed by atoms with E-state index >= 15 is 0 Å². The summed E-state index contributed by atoms with van der Waals surface area (Å²) < 4.78 is 4.65. The largest absolute Gasteiger partial charge is 0.476 e. The third-order valence-corrected chi connectivity index (χ3v) is 1.14. The number of hydrogen-bond donors (Lipinski definition) is 0. The van der Waals surface area contributed by atoms with Crippen LogP contribution in [0.1, 0.15) is 7.43 Å². The predicted octanol–water partition coefficient (Wildman–Crippen LogP) is 1.63. The van der Waals surface area contributed by atoms with Gasteiger partial charge in [-0.1, -0.05) is 7.43 Å². The zero-order chi connectivity index (χ0) is 8.27. The molecular formula is C7H10N2O3. The smallest absolute Gasteiger partial charge is 0.330 e. The first kappa shape index (κ1) is 10.3.